The number of thioether (sulfide) groups is 1. The van der Waals surface area contributed by atoms with Crippen LogP contribution in [0.1, 0.15) is 50.7 Å². The molecule has 0 atom stereocenters. The lowest BCUT2D eigenvalue weighted by atomic mass is 9.92. The highest BCUT2D eigenvalue weighted by molar-refractivity contribution is 8.02. The Kier molecular flexibility index (Phi) is 3.82. The fourth-order valence-electron chi connectivity index (χ4n) is 2.27. The highest BCUT2D eigenvalue weighted by Crippen LogP contribution is 2.37. The van der Waals surface area contributed by atoms with E-state index in [4.69, 9.17) is 0 Å². The van der Waals surface area contributed by atoms with Crippen LogP contribution in [0.5, 0.6) is 0 Å². The first-order valence-corrected chi connectivity index (χ1v) is 7.34. The quantitative estimate of drug-likeness (QED) is 0.746. The van der Waals surface area contributed by atoms with Crippen molar-refractivity contribution in [1.82, 2.24) is 0 Å². The molecule has 1 nitrogen and oxygen atoms in total. The Morgan fingerprint density at radius 2 is 1.65 bits per heavy atom. The van der Waals surface area contributed by atoms with E-state index < -0.39 is 0 Å². The van der Waals surface area contributed by atoms with E-state index in [9.17, 15) is 0 Å². The summed E-state index contributed by atoms with van der Waals surface area (Å²) < 4.78 is 0. The summed E-state index contributed by atoms with van der Waals surface area (Å²) in [5, 5.41) is 2.18. The number of para-hydroxylation sites is 1. The molecule has 17 heavy (non-hydrogen) atoms. The van der Waals surface area contributed by atoms with Gasteiger partial charge in [0.05, 0.1) is 5.88 Å². The van der Waals surface area contributed by atoms with Crippen molar-refractivity contribution in [2.75, 3.05) is 10.8 Å². The molecule has 0 fully saturated rings. The number of benzene rings is 1. The van der Waals surface area contributed by atoms with Gasteiger partial charge in [-0.25, -0.2) is 0 Å². The molecule has 1 heterocycles. The monoisotopic (exact) mass is 247 g/mol. The summed E-state index contributed by atoms with van der Waals surface area (Å²) in [7, 11) is 0. The van der Waals surface area contributed by atoms with E-state index in [-0.39, 0.29) is 0 Å². The van der Waals surface area contributed by atoms with Crippen molar-refractivity contribution in [3.63, 3.8) is 0 Å². The van der Waals surface area contributed by atoms with Crippen LogP contribution in [0.25, 0.3) is 0 Å². The maximum absolute atomic E-state index is 2.38. The first kappa shape index (κ1) is 12.6. The zero-order chi connectivity index (χ0) is 12.4. The van der Waals surface area contributed by atoms with Crippen LogP contribution in [0, 0.1) is 0 Å². The van der Waals surface area contributed by atoms with Gasteiger partial charge < -0.3 is 4.90 Å². The minimum Gasteiger partial charge on any atom is -0.337 e. The number of nitrogens with zero attached hydrogens (tertiary/aromatic N) is 1. The maximum atomic E-state index is 2.38. The molecular formula is C15H21NS. The lowest BCUT2D eigenvalue weighted by molar-refractivity contribution is 0.826. The molecule has 1 aromatic rings. The van der Waals surface area contributed by atoms with Gasteiger partial charge in [-0.15, -0.1) is 11.8 Å². The van der Waals surface area contributed by atoms with Crippen molar-refractivity contribution < 1.29 is 0 Å². The van der Waals surface area contributed by atoms with Crippen molar-refractivity contribution in [1.29, 1.82) is 0 Å². The van der Waals surface area contributed by atoms with E-state index in [2.05, 4.69) is 62.4 Å². The second-order valence-corrected chi connectivity index (χ2v) is 6.01. The third-order valence-electron chi connectivity index (χ3n) is 3.18. The SMILES string of the molecule is CC(C)c1cccc(C(C)C)c1N1C=CSC1. The van der Waals surface area contributed by atoms with Crippen molar-refractivity contribution in [2.45, 2.75) is 39.5 Å². The van der Waals surface area contributed by atoms with E-state index in [0.29, 0.717) is 11.8 Å². The Morgan fingerprint density at radius 1 is 1.06 bits per heavy atom. The van der Waals surface area contributed by atoms with Gasteiger partial charge in [-0.2, -0.15) is 0 Å². The van der Waals surface area contributed by atoms with Gasteiger partial charge in [-0.3, -0.25) is 0 Å². The van der Waals surface area contributed by atoms with Crippen LogP contribution in [-0.2, 0) is 0 Å². The predicted octanol–water partition coefficient (Wildman–Crippen LogP) is 4.92. The number of hydrogen-bond donors (Lipinski definition) is 0. The average Bonchev–Trinajstić information content (AvgIpc) is 2.80. The van der Waals surface area contributed by atoms with Crippen LogP contribution in [0.4, 0.5) is 5.69 Å². The van der Waals surface area contributed by atoms with E-state index in [1.54, 1.807) is 0 Å². The molecule has 0 N–H and O–H groups in total. The van der Waals surface area contributed by atoms with Crippen molar-refractivity contribution in [2.24, 2.45) is 0 Å². The molecule has 92 valence electrons. The molecule has 0 unspecified atom stereocenters. The van der Waals surface area contributed by atoms with Gasteiger partial charge >= 0.3 is 0 Å². The second kappa shape index (κ2) is 5.18. The lowest BCUT2D eigenvalue weighted by Gasteiger charge is -2.26. The molecule has 0 bridgehead atoms. The average molecular weight is 247 g/mol. The van der Waals surface area contributed by atoms with Gasteiger partial charge in [0, 0.05) is 11.9 Å². The van der Waals surface area contributed by atoms with Gasteiger partial charge in [0.25, 0.3) is 0 Å². The third-order valence-corrected chi connectivity index (χ3v) is 3.92. The van der Waals surface area contributed by atoms with Crippen molar-refractivity contribution in [3.05, 3.63) is 40.9 Å². The Morgan fingerprint density at radius 3 is 2.06 bits per heavy atom. The highest BCUT2D eigenvalue weighted by Gasteiger charge is 2.19. The van der Waals surface area contributed by atoms with Gasteiger partial charge in [0.1, 0.15) is 0 Å². The molecule has 2 heteroatoms. The number of rotatable bonds is 3. The van der Waals surface area contributed by atoms with Crippen LogP contribution in [-0.4, -0.2) is 5.88 Å². The van der Waals surface area contributed by atoms with Gasteiger partial charge in [-0.1, -0.05) is 45.9 Å². The topological polar surface area (TPSA) is 3.24 Å². The van der Waals surface area contributed by atoms with Crippen LogP contribution >= 0.6 is 11.8 Å². The normalized spacial score (nSPS) is 15.3. The third kappa shape index (κ3) is 2.52. The van der Waals surface area contributed by atoms with Gasteiger partial charge in [0.2, 0.25) is 0 Å². The summed E-state index contributed by atoms with van der Waals surface area (Å²) in [4.78, 5) is 2.38. The lowest BCUT2D eigenvalue weighted by Crippen LogP contribution is -2.16. The number of hydrogen-bond acceptors (Lipinski definition) is 2. The fraction of sp³-hybridized carbons (Fsp3) is 0.467. The van der Waals surface area contributed by atoms with Crippen molar-refractivity contribution >= 4 is 17.4 Å². The molecule has 0 aliphatic carbocycles. The second-order valence-electron chi connectivity index (χ2n) is 5.15. The molecule has 1 aromatic carbocycles. The molecule has 1 aliphatic rings. The van der Waals surface area contributed by atoms with Gasteiger partial charge in [0.15, 0.2) is 0 Å². The molecule has 0 saturated carbocycles. The minimum atomic E-state index is 0.572. The summed E-state index contributed by atoms with van der Waals surface area (Å²) in [6.07, 6.45) is 2.21. The molecule has 0 aromatic heterocycles. The smallest absolute Gasteiger partial charge is 0.0723 e. The zero-order valence-electron chi connectivity index (χ0n) is 11.1. The zero-order valence-corrected chi connectivity index (χ0v) is 11.9. The Hall–Kier alpha value is -0.890. The largest absolute Gasteiger partial charge is 0.337 e. The molecular weight excluding hydrogens is 226 g/mol. The fourth-order valence-corrected chi connectivity index (χ4v) is 2.96. The number of anilines is 1. The van der Waals surface area contributed by atoms with Crippen LogP contribution < -0.4 is 4.90 Å². The molecule has 2 rings (SSSR count). The molecule has 0 spiro atoms. The van der Waals surface area contributed by atoms with Gasteiger partial charge in [-0.05, 0) is 28.4 Å². The summed E-state index contributed by atoms with van der Waals surface area (Å²) in [5.41, 5.74) is 4.35. The highest BCUT2D eigenvalue weighted by atomic mass is 32.2. The summed E-state index contributed by atoms with van der Waals surface area (Å²) in [5.74, 6) is 2.19. The summed E-state index contributed by atoms with van der Waals surface area (Å²) >= 11 is 1.86. The van der Waals surface area contributed by atoms with E-state index >= 15 is 0 Å². The molecule has 1 aliphatic heterocycles. The predicted molar refractivity (Wildman–Crippen MR) is 78.7 cm³/mol. The first-order chi connectivity index (χ1) is 8.11. The Bertz CT molecular complexity index is 395. The van der Waals surface area contributed by atoms with Crippen LogP contribution in [0.15, 0.2) is 29.8 Å². The standard InChI is InChI=1S/C15H21NS/c1-11(2)13-6-5-7-14(12(3)4)15(13)16-8-9-17-10-16/h5-9,11-12H,10H2,1-4H3. The van der Waals surface area contributed by atoms with Crippen LogP contribution in [0.3, 0.4) is 0 Å². The van der Waals surface area contributed by atoms with Crippen molar-refractivity contribution in [3.8, 4) is 0 Å². The Labute approximate surface area is 109 Å². The molecule has 0 saturated heterocycles. The maximum Gasteiger partial charge on any atom is 0.0723 e. The van der Waals surface area contributed by atoms with E-state index in [1.165, 1.54) is 16.8 Å². The first-order valence-electron chi connectivity index (χ1n) is 6.29. The Balaban J connectivity index is 2.53. The van der Waals surface area contributed by atoms with E-state index in [0.717, 1.165) is 5.88 Å². The van der Waals surface area contributed by atoms with Crippen LogP contribution in [0.2, 0.25) is 0 Å². The van der Waals surface area contributed by atoms with E-state index in [1.807, 2.05) is 11.8 Å². The molecule has 0 radical (unpaired) electrons. The summed E-state index contributed by atoms with van der Waals surface area (Å²) in [6, 6.07) is 6.73. The molecule has 0 amide bonds. The summed E-state index contributed by atoms with van der Waals surface area (Å²) in [6.45, 7) is 9.09. The minimum absolute atomic E-state index is 0.572.